The molecule has 0 aromatic heterocycles. The van der Waals surface area contributed by atoms with Crippen LogP contribution in [0.2, 0.25) is 0 Å². The van der Waals surface area contributed by atoms with Gasteiger partial charge >= 0.3 is 0 Å². The van der Waals surface area contributed by atoms with Crippen molar-refractivity contribution in [2.24, 2.45) is 5.92 Å². The summed E-state index contributed by atoms with van der Waals surface area (Å²) in [4.78, 5) is 15.3. The minimum atomic E-state index is -0.786. The number of hydrogen-bond acceptors (Lipinski definition) is 4. The van der Waals surface area contributed by atoms with Crippen molar-refractivity contribution in [3.05, 3.63) is 24.3 Å². The molecule has 1 aromatic carbocycles. The van der Waals surface area contributed by atoms with E-state index >= 15 is 0 Å². The van der Waals surface area contributed by atoms with E-state index in [1.54, 1.807) is 0 Å². The summed E-state index contributed by atoms with van der Waals surface area (Å²) in [6, 6.07) is 7.63. The lowest BCUT2D eigenvalue weighted by atomic mass is 9.99. The van der Waals surface area contributed by atoms with Gasteiger partial charge in [0.15, 0.2) is 0 Å². The maximum Gasteiger partial charge on any atom is 0.256 e. The number of piperidine rings is 1. The van der Waals surface area contributed by atoms with Gasteiger partial charge in [-0.2, -0.15) is 0 Å². The molecule has 1 aliphatic rings. The molecule has 0 unspecified atom stereocenters. The van der Waals surface area contributed by atoms with Gasteiger partial charge in [-0.15, -0.1) is 0 Å². The zero-order chi connectivity index (χ0) is 21.1. The second kappa shape index (κ2) is 12.2. The highest BCUT2D eigenvalue weighted by molar-refractivity contribution is 5.97. The quantitative estimate of drug-likeness (QED) is 0.492. The topological polar surface area (TPSA) is 50.8 Å². The van der Waals surface area contributed by atoms with Crippen molar-refractivity contribution >= 4 is 11.6 Å². The van der Waals surface area contributed by atoms with Crippen LogP contribution in [0.1, 0.15) is 66.2 Å². The Hall–Kier alpha value is -1.59. The Labute approximate surface area is 177 Å². The first-order valence-electron chi connectivity index (χ1n) is 11.4. The third-order valence-corrected chi connectivity index (χ3v) is 5.71. The molecule has 164 valence electrons. The summed E-state index contributed by atoms with van der Waals surface area (Å²) in [7, 11) is 0. The Morgan fingerprint density at radius 2 is 1.83 bits per heavy atom. The van der Waals surface area contributed by atoms with Gasteiger partial charge in [-0.1, -0.05) is 27.2 Å². The first-order chi connectivity index (χ1) is 14.0. The number of carbonyl (C=O) groups excluding carboxylic acids is 1. The predicted octanol–water partition coefficient (Wildman–Crippen LogP) is 5.11. The number of anilines is 1. The molecule has 1 aliphatic heterocycles. The monoisotopic (exact) mass is 404 g/mol. The number of hydrogen-bond donors (Lipinski definition) is 1. The van der Waals surface area contributed by atoms with Crippen molar-refractivity contribution in [1.82, 2.24) is 4.90 Å². The molecule has 1 saturated heterocycles. The van der Waals surface area contributed by atoms with E-state index in [0.717, 1.165) is 49.8 Å². The van der Waals surface area contributed by atoms with Gasteiger partial charge in [0.05, 0.1) is 6.61 Å². The summed E-state index contributed by atoms with van der Waals surface area (Å²) in [6.45, 7) is 13.2. The predicted molar refractivity (Wildman–Crippen MR) is 120 cm³/mol. The van der Waals surface area contributed by atoms with Crippen LogP contribution in [0.4, 0.5) is 5.69 Å². The van der Waals surface area contributed by atoms with Crippen LogP contribution in [0.15, 0.2) is 24.3 Å². The molecule has 0 spiro atoms. The Kier molecular flexibility index (Phi) is 9.95. The summed E-state index contributed by atoms with van der Waals surface area (Å²) in [5, 5.41) is 2.99. The maximum atomic E-state index is 12.7. The molecule has 0 radical (unpaired) electrons. The van der Waals surface area contributed by atoms with E-state index in [4.69, 9.17) is 9.47 Å². The molecule has 1 N–H and O–H groups in total. The highest BCUT2D eigenvalue weighted by Crippen LogP contribution is 2.23. The van der Waals surface area contributed by atoms with Gasteiger partial charge in [0.25, 0.3) is 5.91 Å². The second-order valence-corrected chi connectivity index (χ2v) is 8.53. The van der Waals surface area contributed by atoms with E-state index in [1.807, 2.05) is 31.2 Å². The molecule has 5 nitrogen and oxygen atoms in total. The van der Waals surface area contributed by atoms with E-state index in [0.29, 0.717) is 13.0 Å². The largest absolute Gasteiger partial charge is 0.494 e. The molecule has 1 aromatic rings. The van der Waals surface area contributed by atoms with E-state index in [9.17, 15) is 4.79 Å². The highest BCUT2D eigenvalue weighted by Gasteiger charge is 2.33. The van der Waals surface area contributed by atoms with Gasteiger partial charge in [-0.25, -0.2) is 0 Å². The maximum absolute atomic E-state index is 12.7. The highest BCUT2D eigenvalue weighted by atomic mass is 16.5. The molecule has 29 heavy (non-hydrogen) atoms. The number of rotatable bonds is 12. The molecule has 0 bridgehead atoms. The van der Waals surface area contributed by atoms with Gasteiger partial charge in [-0.05, 0) is 82.3 Å². The normalized spacial score (nSPS) is 17.7. The van der Waals surface area contributed by atoms with E-state index in [2.05, 4.69) is 31.0 Å². The van der Waals surface area contributed by atoms with Crippen molar-refractivity contribution in [3.8, 4) is 5.75 Å². The average molecular weight is 405 g/mol. The molecule has 5 heteroatoms. The molecule has 1 heterocycles. The van der Waals surface area contributed by atoms with Gasteiger partial charge in [0.2, 0.25) is 0 Å². The van der Waals surface area contributed by atoms with Crippen molar-refractivity contribution < 1.29 is 14.3 Å². The van der Waals surface area contributed by atoms with Gasteiger partial charge < -0.3 is 19.7 Å². The zero-order valence-electron chi connectivity index (χ0n) is 18.8. The number of benzene rings is 1. The molecule has 1 amide bonds. The number of nitrogens with one attached hydrogen (secondary N) is 1. The Morgan fingerprint density at radius 1 is 1.14 bits per heavy atom. The lowest BCUT2D eigenvalue weighted by molar-refractivity contribution is -0.140. The Morgan fingerprint density at radius 3 is 2.45 bits per heavy atom. The fourth-order valence-electron chi connectivity index (χ4n) is 3.72. The van der Waals surface area contributed by atoms with Crippen LogP contribution in [0.3, 0.4) is 0 Å². The summed E-state index contributed by atoms with van der Waals surface area (Å²) in [5.41, 5.74) is -0.0150. The van der Waals surface area contributed by atoms with Crippen LogP contribution in [-0.2, 0) is 9.53 Å². The fourth-order valence-corrected chi connectivity index (χ4v) is 3.72. The van der Waals surface area contributed by atoms with Crippen molar-refractivity contribution in [3.63, 3.8) is 0 Å². The summed E-state index contributed by atoms with van der Waals surface area (Å²) >= 11 is 0. The number of likely N-dealkylation sites (tertiary alicyclic amines) is 1. The van der Waals surface area contributed by atoms with Gasteiger partial charge in [0.1, 0.15) is 11.4 Å². The molecule has 2 rings (SSSR count). The number of carbonyl (C=O) groups is 1. The van der Waals surface area contributed by atoms with Gasteiger partial charge in [-0.3, -0.25) is 4.79 Å². The van der Waals surface area contributed by atoms with E-state index in [1.165, 1.54) is 25.9 Å². The SMILES string of the molecule is CCCO[C@](C)(CCC)C(=O)Nc1ccc(OCCCN2CCC(C)CC2)cc1. The van der Waals surface area contributed by atoms with Crippen LogP contribution in [-0.4, -0.2) is 49.3 Å². The minimum Gasteiger partial charge on any atom is -0.494 e. The first kappa shape index (κ1) is 23.7. The fraction of sp³-hybridized carbons (Fsp3) is 0.708. The lowest BCUT2D eigenvalue weighted by Crippen LogP contribution is -2.43. The van der Waals surface area contributed by atoms with Crippen LogP contribution >= 0.6 is 0 Å². The average Bonchev–Trinajstić information content (AvgIpc) is 2.72. The summed E-state index contributed by atoms with van der Waals surface area (Å²) in [5.74, 6) is 1.63. The molecular weight excluding hydrogens is 364 g/mol. The van der Waals surface area contributed by atoms with Crippen LogP contribution in [0.25, 0.3) is 0 Å². The van der Waals surface area contributed by atoms with Crippen molar-refractivity contribution in [2.75, 3.05) is 38.2 Å². The van der Waals surface area contributed by atoms with Gasteiger partial charge in [0, 0.05) is 18.8 Å². The van der Waals surface area contributed by atoms with Crippen LogP contribution in [0.5, 0.6) is 5.75 Å². The number of ether oxygens (including phenoxy) is 2. The third-order valence-electron chi connectivity index (χ3n) is 5.71. The lowest BCUT2D eigenvalue weighted by Gasteiger charge is -2.30. The molecule has 1 atom stereocenters. The molecular formula is C24H40N2O3. The standard InChI is InChI=1S/C24H40N2O3/c1-5-14-24(4,29-18-6-2)23(27)25-21-8-10-22(11-9-21)28-19-7-15-26-16-12-20(3)13-17-26/h8-11,20H,5-7,12-19H2,1-4H3,(H,25,27)/t24-/m1/s1. The Balaban J connectivity index is 1.75. The number of amides is 1. The molecule has 1 fully saturated rings. The third kappa shape index (κ3) is 7.98. The van der Waals surface area contributed by atoms with Crippen molar-refractivity contribution in [2.45, 2.75) is 71.8 Å². The summed E-state index contributed by atoms with van der Waals surface area (Å²) < 4.78 is 11.7. The smallest absolute Gasteiger partial charge is 0.256 e. The minimum absolute atomic E-state index is 0.0858. The molecule has 0 saturated carbocycles. The first-order valence-corrected chi connectivity index (χ1v) is 11.4. The van der Waals surface area contributed by atoms with Crippen LogP contribution in [0, 0.1) is 5.92 Å². The molecule has 0 aliphatic carbocycles. The Bertz CT molecular complexity index is 597. The summed E-state index contributed by atoms with van der Waals surface area (Å²) in [6.07, 6.45) is 6.17. The van der Waals surface area contributed by atoms with Crippen molar-refractivity contribution in [1.29, 1.82) is 0 Å². The van der Waals surface area contributed by atoms with E-state index in [-0.39, 0.29) is 5.91 Å². The van der Waals surface area contributed by atoms with Crippen LogP contribution < -0.4 is 10.1 Å². The zero-order valence-corrected chi connectivity index (χ0v) is 18.8. The van der Waals surface area contributed by atoms with E-state index < -0.39 is 5.60 Å². The number of nitrogens with zero attached hydrogens (tertiary/aromatic N) is 1. The second-order valence-electron chi connectivity index (χ2n) is 8.53.